The molecule has 63 heavy (non-hydrogen) atoms. The van der Waals surface area contributed by atoms with Crippen LogP contribution in [0.25, 0.3) is 0 Å². The molecule has 14 heteroatoms. The van der Waals surface area contributed by atoms with Crippen LogP contribution in [0.4, 0.5) is 0 Å². The first-order valence-corrected chi connectivity index (χ1v) is 24.9. The van der Waals surface area contributed by atoms with Gasteiger partial charge in [-0.1, -0.05) is 144 Å². The summed E-state index contributed by atoms with van der Waals surface area (Å²) in [5.41, 5.74) is 0. The third-order valence-electron chi connectivity index (χ3n) is 10.2. The summed E-state index contributed by atoms with van der Waals surface area (Å²) >= 11 is 0. The average Bonchev–Trinajstić information content (AvgIpc) is 3.26. The van der Waals surface area contributed by atoms with Crippen molar-refractivity contribution in [2.45, 2.75) is 198 Å². The summed E-state index contributed by atoms with van der Waals surface area (Å²) < 4.78 is 33.4. The van der Waals surface area contributed by atoms with Gasteiger partial charge in [0.25, 0.3) is 0 Å². The number of rotatable bonds is 37. The standard InChI is InChI=1S/C49H81O13P/c1-3-5-7-9-11-13-15-17-19-21-23-25-27-29-31-33-35-37-42(50)59-39-41(40-60-63(57,58)62-49-47(55)45(53)44(52)46(54)48(49)56)61-43(51)38-36-34-32-30-28-26-24-22-20-18-16-14-12-10-8-6-4-2/h11,13,17-20,23-26,29-32,41,44-49,52-56H,3-10,12,14-16,21-22,27-28,33-40H2,1-2H3,(H,57,58)/b13-11+,19-17+,20-18+,25-23+,26-24+,31-29+,32-30+/t41-,44?,45-,46?,47?,48?,49?/m0/s1. The number of hydrogen-bond donors (Lipinski definition) is 6. The molecule has 1 rings (SSSR count). The summed E-state index contributed by atoms with van der Waals surface area (Å²) in [4.78, 5) is 35.7. The van der Waals surface area contributed by atoms with E-state index < -0.39 is 75.7 Å². The van der Waals surface area contributed by atoms with Crippen molar-refractivity contribution in [3.05, 3.63) is 85.1 Å². The van der Waals surface area contributed by atoms with Crippen LogP contribution in [-0.2, 0) is 32.7 Å². The van der Waals surface area contributed by atoms with Gasteiger partial charge >= 0.3 is 19.8 Å². The highest BCUT2D eigenvalue weighted by molar-refractivity contribution is 7.47. The molecule has 0 aliphatic heterocycles. The molecule has 0 amide bonds. The van der Waals surface area contributed by atoms with Gasteiger partial charge in [0.2, 0.25) is 0 Å². The fourth-order valence-electron chi connectivity index (χ4n) is 6.41. The van der Waals surface area contributed by atoms with E-state index in [0.29, 0.717) is 25.7 Å². The molecule has 6 unspecified atom stereocenters. The Kier molecular flexibility index (Phi) is 35.3. The minimum Gasteiger partial charge on any atom is -0.462 e. The van der Waals surface area contributed by atoms with E-state index in [1.807, 2.05) is 24.3 Å². The van der Waals surface area contributed by atoms with Crippen molar-refractivity contribution in [1.29, 1.82) is 0 Å². The maximum atomic E-state index is 12.8. The van der Waals surface area contributed by atoms with E-state index in [-0.39, 0.29) is 12.8 Å². The van der Waals surface area contributed by atoms with Crippen molar-refractivity contribution in [1.82, 2.24) is 0 Å². The zero-order valence-electron chi connectivity index (χ0n) is 38.1. The van der Waals surface area contributed by atoms with Crippen LogP contribution in [0, 0.1) is 0 Å². The van der Waals surface area contributed by atoms with Gasteiger partial charge in [-0.05, 0) is 83.5 Å². The van der Waals surface area contributed by atoms with Gasteiger partial charge in [0, 0.05) is 12.8 Å². The van der Waals surface area contributed by atoms with E-state index >= 15 is 0 Å². The maximum Gasteiger partial charge on any atom is 0.472 e. The third-order valence-corrected chi connectivity index (χ3v) is 11.2. The molecule has 0 saturated heterocycles. The number of ether oxygens (including phenoxy) is 2. The molecule has 1 fully saturated rings. The quantitative estimate of drug-likeness (QED) is 0.0149. The summed E-state index contributed by atoms with van der Waals surface area (Å²) in [5.74, 6) is -1.23. The summed E-state index contributed by atoms with van der Waals surface area (Å²) in [6, 6.07) is 0. The summed E-state index contributed by atoms with van der Waals surface area (Å²) in [6.07, 6.45) is 36.5. The van der Waals surface area contributed by atoms with Crippen molar-refractivity contribution in [2.75, 3.05) is 13.2 Å². The second kappa shape index (κ2) is 38.3. The van der Waals surface area contributed by atoms with Gasteiger partial charge in [-0.25, -0.2) is 4.57 Å². The fourth-order valence-corrected chi connectivity index (χ4v) is 7.38. The molecule has 8 atom stereocenters. The van der Waals surface area contributed by atoms with E-state index in [1.54, 1.807) is 0 Å². The highest BCUT2D eigenvalue weighted by Crippen LogP contribution is 2.47. The Morgan fingerprint density at radius 3 is 1.33 bits per heavy atom. The van der Waals surface area contributed by atoms with Gasteiger partial charge in [0.05, 0.1) is 6.61 Å². The van der Waals surface area contributed by atoms with Crippen LogP contribution < -0.4 is 0 Å². The first-order valence-electron chi connectivity index (χ1n) is 23.4. The molecule has 0 spiro atoms. The Hall–Kier alpha value is -2.97. The van der Waals surface area contributed by atoms with Crippen LogP contribution in [0.15, 0.2) is 85.1 Å². The Morgan fingerprint density at radius 1 is 0.492 bits per heavy atom. The molecule has 0 aromatic heterocycles. The number of allylic oxidation sites excluding steroid dienone is 14. The summed E-state index contributed by atoms with van der Waals surface area (Å²) in [6.45, 7) is 3.16. The molecule has 0 bridgehead atoms. The number of aliphatic hydroxyl groups excluding tert-OH is 5. The number of phosphoric acid groups is 1. The predicted molar refractivity (Wildman–Crippen MR) is 248 cm³/mol. The Bertz CT molecular complexity index is 1420. The molecule has 0 aromatic rings. The lowest BCUT2D eigenvalue weighted by molar-refractivity contribution is -0.220. The van der Waals surface area contributed by atoms with Crippen molar-refractivity contribution >= 4 is 19.8 Å². The number of hydrogen-bond acceptors (Lipinski definition) is 12. The molecule has 360 valence electrons. The van der Waals surface area contributed by atoms with Crippen LogP contribution >= 0.6 is 7.82 Å². The summed E-state index contributed by atoms with van der Waals surface area (Å²) in [5, 5.41) is 50.1. The molecule has 0 aromatic carbocycles. The fraction of sp³-hybridized carbons (Fsp3) is 0.673. The molecule has 1 saturated carbocycles. The van der Waals surface area contributed by atoms with Gasteiger partial charge in [-0.15, -0.1) is 0 Å². The van der Waals surface area contributed by atoms with Gasteiger partial charge in [0.1, 0.15) is 43.2 Å². The summed E-state index contributed by atoms with van der Waals surface area (Å²) in [7, 11) is -5.15. The molecule has 13 nitrogen and oxygen atoms in total. The Morgan fingerprint density at radius 2 is 0.857 bits per heavy atom. The molecule has 1 aliphatic rings. The monoisotopic (exact) mass is 909 g/mol. The van der Waals surface area contributed by atoms with Crippen molar-refractivity contribution in [2.24, 2.45) is 0 Å². The van der Waals surface area contributed by atoms with Gasteiger partial charge in [-0.3, -0.25) is 18.6 Å². The second-order valence-electron chi connectivity index (χ2n) is 15.9. The first-order chi connectivity index (χ1) is 30.4. The van der Waals surface area contributed by atoms with Gasteiger partial charge < -0.3 is 39.9 Å². The SMILES string of the molecule is CCCCC/C=C/C/C=C/C/C=C/C/C=C/CCCC(=O)OC[C@@H](COP(=O)(O)OC1C(O)C(O)C(O)[C@H](O)C1O)OC(=O)CCC/C=C/C/C=C/C/C=C/CCCCCCCC. The minimum absolute atomic E-state index is 0.00888. The number of unbranched alkanes of at least 4 members (excludes halogenated alkanes) is 11. The van der Waals surface area contributed by atoms with E-state index in [0.717, 1.165) is 44.9 Å². The normalized spacial score (nSPS) is 22.5. The lowest BCUT2D eigenvalue weighted by atomic mass is 9.85. The molecule has 6 N–H and O–H groups in total. The largest absolute Gasteiger partial charge is 0.472 e. The maximum absolute atomic E-state index is 12.8. The van der Waals surface area contributed by atoms with Gasteiger partial charge in [-0.2, -0.15) is 0 Å². The minimum atomic E-state index is -5.15. The van der Waals surface area contributed by atoms with Crippen LogP contribution in [0.2, 0.25) is 0 Å². The Balaban J connectivity index is 2.55. The van der Waals surface area contributed by atoms with Crippen LogP contribution in [-0.4, -0.2) is 98.3 Å². The number of carbonyl (C=O) groups excluding carboxylic acids is 2. The zero-order valence-corrected chi connectivity index (χ0v) is 39.0. The molecule has 0 radical (unpaired) electrons. The lowest BCUT2D eigenvalue weighted by Gasteiger charge is -2.41. The average molecular weight is 909 g/mol. The van der Waals surface area contributed by atoms with E-state index in [9.17, 15) is 44.6 Å². The molecule has 0 heterocycles. The highest BCUT2D eigenvalue weighted by Gasteiger charge is 2.51. The lowest BCUT2D eigenvalue weighted by Crippen LogP contribution is -2.64. The van der Waals surface area contributed by atoms with Crippen molar-refractivity contribution in [3.63, 3.8) is 0 Å². The smallest absolute Gasteiger partial charge is 0.462 e. The van der Waals surface area contributed by atoms with Crippen LogP contribution in [0.5, 0.6) is 0 Å². The van der Waals surface area contributed by atoms with E-state index in [1.165, 1.54) is 57.8 Å². The van der Waals surface area contributed by atoms with E-state index in [4.69, 9.17) is 18.5 Å². The van der Waals surface area contributed by atoms with E-state index in [2.05, 4.69) is 74.6 Å². The predicted octanol–water partition coefficient (Wildman–Crippen LogP) is 9.28. The number of phosphoric ester groups is 1. The van der Waals surface area contributed by atoms with Crippen LogP contribution in [0.1, 0.15) is 155 Å². The second-order valence-corrected chi connectivity index (χ2v) is 17.3. The van der Waals surface area contributed by atoms with Crippen molar-refractivity contribution < 1.29 is 63.1 Å². The number of aliphatic hydroxyl groups is 5. The number of esters is 2. The Labute approximate surface area is 378 Å². The third kappa shape index (κ3) is 30.7. The topological polar surface area (TPSA) is 210 Å². The molecular weight excluding hydrogens is 827 g/mol. The van der Waals surface area contributed by atoms with Crippen molar-refractivity contribution in [3.8, 4) is 0 Å². The number of carbonyl (C=O) groups is 2. The first kappa shape index (κ1) is 58.0. The molecule has 1 aliphatic carbocycles. The molecular formula is C49H81O13P. The van der Waals surface area contributed by atoms with Gasteiger partial charge in [0.15, 0.2) is 6.10 Å². The zero-order chi connectivity index (χ0) is 46.4. The highest BCUT2D eigenvalue weighted by atomic mass is 31.2. The van der Waals surface area contributed by atoms with Crippen LogP contribution in [0.3, 0.4) is 0 Å².